The summed E-state index contributed by atoms with van der Waals surface area (Å²) in [4.78, 5) is 22.6. The second-order valence-electron chi connectivity index (χ2n) is 6.82. The molecule has 0 spiro atoms. The van der Waals surface area contributed by atoms with Gasteiger partial charge in [0.25, 0.3) is 0 Å². The number of aromatic amines is 1. The first kappa shape index (κ1) is 20.6. The number of unbranched alkanes of at least 4 members (excludes halogenated alkanes) is 1. The molecule has 1 aromatic carbocycles. The van der Waals surface area contributed by atoms with Crippen molar-refractivity contribution in [2.75, 3.05) is 12.3 Å². The summed E-state index contributed by atoms with van der Waals surface area (Å²) in [7, 11) is 0. The molecular weight excluding hydrogens is 415 g/mol. The van der Waals surface area contributed by atoms with Gasteiger partial charge in [-0.15, -0.1) is 0 Å². The number of rotatable bonds is 6. The molecule has 0 aliphatic heterocycles. The van der Waals surface area contributed by atoms with Crippen molar-refractivity contribution < 1.29 is 22.7 Å². The third kappa shape index (κ3) is 3.89. The molecule has 31 heavy (non-hydrogen) atoms. The Hall–Kier alpha value is -3.67. The number of hydrogen-bond donors (Lipinski definition) is 3. The Labute approximate surface area is 173 Å². The van der Waals surface area contributed by atoms with Crippen LogP contribution in [0.3, 0.4) is 0 Å². The van der Waals surface area contributed by atoms with Crippen molar-refractivity contribution in [1.29, 1.82) is 0 Å². The molecule has 0 saturated carbocycles. The van der Waals surface area contributed by atoms with Crippen LogP contribution in [-0.4, -0.2) is 43.4 Å². The molecule has 0 aliphatic carbocycles. The molecule has 12 heteroatoms. The average molecular weight is 433 g/mol. The van der Waals surface area contributed by atoms with Crippen molar-refractivity contribution in [1.82, 2.24) is 24.7 Å². The lowest BCUT2D eigenvalue weighted by Gasteiger charge is -2.07. The number of ether oxygens (including phenoxy) is 1. The Kier molecular flexibility index (Phi) is 5.23. The number of nitrogens with two attached hydrogens (primary N) is 2. The lowest BCUT2D eigenvalue weighted by atomic mass is 10.2. The van der Waals surface area contributed by atoms with Crippen LogP contribution in [0.5, 0.6) is 5.75 Å². The third-order valence-electron chi connectivity index (χ3n) is 4.69. The largest absolute Gasteiger partial charge is 0.491 e. The number of carbonyl (C=O) groups is 1. The topological polar surface area (TPSA) is 138 Å². The maximum absolute atomic E-state index is 12.6. The highest BCUT2D eigenvalue weighted by Gasteiger charge is 2.41. The number of carbonyl (C=O) groups excluding carboxylic acids is 1. The number of benzene rings is 1. The maximum atomic E-state index is 12.6. The summed E-state index contributed by atoms with van der Waals surface area (Å²) in [5.41, 5.74) is 13.3. The molecule has 5 N–H and O–H groups in total. The fourth-order valence-electron chi connectivity index (χ4n) is 3.28. The van der Waals surface area contributed by atoms with Gasteiger partial charge < -0.3 is 21.2 Å². The van der Waals surface area contributed by atoms with Crippen molar-refractivity contribution in [2.24, 2.45) is 5.73 Å². The minimum absolute atomic E-state index is 0.215. The van der Waals surface area contributed by atoms with Gasteiger partial charge in [0.15, 0.2) is 11.4 Å². The van der Waals surface area contributed by atoms with Crippen LogP contribution < -0.4 is 16.2 Å². The first-order chi connectivity index (χ1) is 14.8. The van der Waals surface area contributed by atoms with E-state index in [2.05, 4.69) is 24.8 Å². The van der Waals surface area contributed by atoms with Gasteiger partial charge in [-0.3, -0.25) is 0 Å². The van der Waals surface area contributed by atoms with Gasteiger partial charge in [0, 0.05) is 11.9 Å². The van der Waals surface area contributed by atoms with Crippen LogP contribution in [0, 0.1) is 0 Å². The first-order valence-electron chi connectivity index (χ1n) is 9.37. The summed E-state index contributed by atoms with van der Waals surface area (Å²) in [5, 5.41) is 5.63. The predicted molar refractivity (Wildman–Crippen MR) is 107 cm³/mol. The molecule has 0 bridgehead atoms. The van der Waals surface area contributed by atoms with E-state index < -0.39 is 12.1 Å². The molecule has 0 atom stereocenters. The number of halogens is 3. The maximum Gasteiger partial charge on any atom is 0.491 e. The Morgan fingerprint density at radius 3 is 2.77 bits per heavy atom. The van der Waals surface area contributed by atoms with E-state index in [9.17, 15) is 18.0 Å². The summed E-state index contributed by atoms with van der Waals surface area (Å²) in [6.07, 6.45) is -2.19. The van der Waals surface area contributed by atoms with Gasteiger partial charge in [0.05, 0.1) is 16.6 Å². The van der Waals surface area contributed by atoms with E-state index in [0.29, 0.717) is 40.9 Å². The Bertz CT molecular complexity index is 1260. The first-order valence-corrected chi connectivity index (χ1v) is 9.37. The number of aromatic nitrogens is 5. The van der Waals surface area contributed by atoms with E-state index in [1.807, 2.05) is 0 Å². The van der Waals surface area contributed by atoms with Gasteiger partial charge in [-0.1, -0.05) is 12.1 Å². The molecule has 0 aliphatic rings. The summed E-state index contributed by atoms with van der Waals surface area (Å²) in [6.45, 7) is 1.10. The lowest BCUT2D eigenvalue weighted by Crippen LogP contribution is -2.28. The summed E-state index contributed by atoms with van der Waals surface area (Å²) in [6, 6.07) is 6.10. The number of alkyl halides is 3. The SMILES string of the molecule is NCCCCn1nc(-c2cc3cccc(OC(=O)C(F)(F)F)c3[nH]2)c2c(N)ncnc21. The van der Waals surface area contributed by atoms with Crippen LogP contribution in [0.1, 0.15) is 12.8 Å². The molecule has 0 saturated heterocycles. The monoisotopic (exact) mass is 433 g/mol. The number of nitrogens with one attached hydrogen (secondary N) is 1. The number of aryl methyl sites for hydroxylation is 1. The van der Waals surface area contributed by atoms with Gasteiger partial charge in [-0.25, -0.2) is 19.4 Å². The summed E-state index contributed by atoms with van der Waals surface area (Å²) < 4.78 is 44.1. The third-order valence-corrected chi connectivity index (χ3v) is 4.69. The quantitative estimate of drug-likeness (QED) is 0.241. The predicted octanol–water partition coefficient (Wildman–Crippen LogP) is 2.76. The van der Waals surface area contributed by atoms with Crippen LogP contribution in [0.4, 0.5) is 19.0 Å². The molecule has 0 fully saturated rings. The minimum Gasteiger partial charge on any atom is -0.418 e. The number of hydrogen-bond acceptors (Lipinski definition) is 7. The number of para-hydroxylation sites is 1. The molecule has 0 radical (unpaired) electrons. The van der Waals surface area contributed by atoms with E-state index in [0.717, 1.165) is 12.8 Å². The number of nitrogens with zero attached hydrogens (tertiary/aromatic N) is 4. The number of H-pyrrole nitrogens is 1. The molecular formula is C19H18F3N7O2. The molecule has 4 rings (SSSR count). The van der Waals surface area contributed by atoms with Crippen LogP contribution in [-0.2, 0) is 11.3 Å². The fourth-order valence-corrected chi connectivity index (χ4v) is 3.28. The van der Waals surface area contributed by atoms with E-state index in [4.69, 9.17) is 11.5 Å². The van der Waals surface area contributed by atoms with Gasteiger partial charge in [0.1, 0.15) is 17.8 Å². The molecule has 3 aromatic heterocycles. The molecule has 9 nitrogen and oxygen atoms in total. The van der Waals surface area contributed by atoms with Crippen molar-refractivity contribution in [3.63, 3.8) is 0 Å². The fraction of sp³-hybridized carbons (Fsp3) is 0.263. The van der Waals surface area contributed by atoms with Crippen LogP contribution in [0.25, 0.3) is 33.3 Å². The standard InChI is InChI=1S/C19H18F3N7O2/c20-19(21,22)18(30)31-12-5-3-4-10-8-11(27-14(10)12)15-13-16(24)25-9-26-17(13)29(28-15)7-2-1-6-23/h3-5,8-9,27H,1-2,6-7,23H2,(H2,24,25,26). The van der Waals surface area contributed by atoms with Gasteiger partial charge in [-0.2, -0.15) is 18.3 Å². The molecule has 0 unspecified atom stereocenters. The highest BCUT2D eigenvalue weighted by atomic mass is 19.4. The zero-order valence-corrected chi connectivity index (χ0v) is 16.1. The molecule has 4 aromatic rings. The van der Waals surface area contributed by atoms with E-state index in [1.165, 1.54) is 18.5 Å². The normalized spacial score (nSPS) is 12.0. The molecule has 0 amide bonds. The zero-order valence-electron chi connectivity index (χ0n) is 16.1. The second-order valence-corrected chi connectivity index (χ2v) is 6.82. The van der Waals surface area contributed by atoms with E-state index in [1.54, 1.807) is 16.8 Å². The van der Waals surface area contributed by atoms with Crippen molar-refractivity contribution in [3.8, 4) is 17.1 Å². The molecule has 3 heterocycles. The lowest BCUT2D eigenvalue weighted by molar-refractivity contribution is -0.189. The van der Waals surface area contributed by atoms with Gasteiger partial charge in [-0.05, 0) is 31.5 Å². The van der Waals surface area contributed by atoms with Crippen molar-refractivity contribution >= 4 is 33.7 Å². The Balaban J connectivity index is 1.80. The Morgan fingerprint density at radius 2 is 2.03 bits per heavy atom. The van der Waals surface area contributed by atoms with Crippen LogP contribution in [0.2, 0.25) is 0 Å². The van der Waals surface area contributed by atoms with Gasteiger partial charge >= 0.3 is 12.1 Å². The number of esters is 1. The van der Waals surface area contributed by atoms with Gasteiger partial charge in [0.2, 0.25) is 0 Å². The Morgan fingerprint density at radius 1 is 1.23 bits per heavy atom. The number of anilines is 1. The van der Waals surface area contributed by atoms with E-state index in [-0.39, 0.29) is 17.1 Å². The summed E-state index contributed by atoms with van der Waals surface area (Å²) >= 11 is 0. The molecule has 162 valence electrons. The number of nitrogen functional groups attached to an aromatic ring is 1. The minimum atomic E-state index is -5.11. The zero-order chi connectivity index (χ0) is 22.2. The van der Waals surface area contributed by atoms with Crippen LogP contribution in [0.15, 0.2) is 30.6 Å². The highest BCUT2D eigenvalue weighted by Crippen LogP contribution is 2.35. The van der Waals surface area contributed by atoms with Crippen molar-refractivity contribution in [2.45, 2.75) is 25.6 Å². The van der Waals surface area contributed by atoms with E-state index >= 15 is 0 Å². The van der Waals surface area contributed by atoms with Crippen molar-refractivity contribution in [3.05, 3.63) is 30.6 Å². The number of fused-ring (bicyclic) bond motifs is 2. The second kappa shape index (κ2) is 7.87. The van der Waals surface area contributed by atoms with Crippen LogP contribution >= 0.6 is 0 Å². The summed E-state index contributed by atoms with van der Waals surface area (Å²) in [5.74, 6) is -2.34. The average Bonchev–Trinajstić information content (AvgIpc) is 3.30. The highest BCUT2D eigenvalue weighted by molar-refractivity contribution is 6.00. The smallest absolute Gasteiger partial charge is 0.418 e.